The van der Waals surface area contributed by atoms with Crippen LogP contribution in [0.5, 0.6) is 5.75 Å². The van der Waals surface area contributed by atoms with E-state index in [1.165, 1.54) is 38.9 Å². The summed E-state index contributed by atoms with van der Waals surface area (Å²) in [5.74, 6) is 1.56. The van der Waals surface area contributed by atoms with E-state index in [2.05, 4.69) is 23.2 Å². The van der Waals surface area contributed by atoms with E-state index in [-0.39, 0.29) is 12.5 Å². The highest BCUT2D eigenvalue weighted by molar-refractivity contribution is 5.78. The van der Waals surface area contributed by atoms with Gasteiger partial charge >= 0.3 is 0 Å². The van der Waals surface area contributed by atoms with Gasteiger partial charge in [-0.3, -0.25) is 4.79 Å². The van der Waals surface area contributed by atoms with Crippen molar-refractivity contribution in [2.75, 3.05) is 45.9 Å². The lowest BCUT2D eigenvalue weighted by molar-refractivity contribution is -0.132. The second-order valence-electron chi connectivity index (χ2n) is 8.08. The molecule has 0 bridgehead atoms. The Kier molecular flexibility index (Phi) is 7.96. The number of amides is 1. The highest BCUT2D eigenvalue weighted by Gasteiger charge is 2.18. The first-order chi connectivity index (χ1) is 13.2. The number of ether oxygens (including phenoxy) is 1. The Bertz CT molecular complexity index is 581. The summed E-state index contributed by atoms with van der Waals surface area (Å²) >= 11 is 0. The Labute approximate surface area is 164 Å². The minimum atomic E-state index is 0.102. The van der Waals surface area contributed by atoms with Gasteiger partial charge in [-0.25, -0.2) is 0 Å². The third-order valence-corrected chi connectivity index (χ3v) is 5.61. The van der Waals surface area contributed by atoms with Crippen molar-refractivity contribution in [2.45, 2.75) is 45.6 Å². The molecule has 2 aliphatic rings. The number of nitrogens with zero attached hydrogens (tertiary/aromatic N) is 2. The van der Waals surface area contributed by atoms with Gasteiger partial charge in [0.2, 0.25) is 0 Å². The first kappa shape index (κ1) is 20.2. The molecule has 2 aliphatic heterocycles. The standard InChI is InChI=1S/C22H35N3O2/c1-19(17-24-11-5-2-6-12-24)15-23-16-20-9-3-4-10-21(20)27-18-22(26)25-13-7-8-14-25/h3-4,9-10,19,23H,2,5-8,11-18H2,1H3. The molecule has 1 unspecified atom stereocenters. The Balaban J connectivity index is 1.41. The molecular formula is C22H35N3O2. The van der Waals surface area contributed by atoms with Gasteiger partial charge in [-0.05, 0) is 57.3 Å². The minimum Gasteiger partial charge on any atom is -0.483 e. The van der Waals surface area contributed by atoms with Crippen LogP contribution in [0.4, 0.5) is 0 Å². The predicted octanol–water partition coefficient (Wildman–Crippen LogP) is 2.90. The molecule has 2 heterocycles. The summed E-state index contributed by atoms with van der Waals surface area (Å²) in [6.45, 7) is 9.67. The van der Waals surface area contributed by atoms with Crippen LogP contribution in [0.1, 0.15) is 44.6 Å². The number of piperidine rings is 1. The molecule has 1 atom stereocenters. The number of benzene rings is 1. The van der Waals surface area contributed by atoms with Gasteiger partial charge in [-0.15, -0.1) is 0 Å². The normalized spacial score (nSPS) is 19.2. The summed E-state index contributed by atoms with van der Waals surface area (Å²) in [5.41, 5.74) is 1.12. The van der Waals surface area contributed by atoms with E-state index in [1.807, 2.05) is 23.1 Å². The van der Waals surface area contributed by atoms with Crippen molar-refractivity contribution in [3.63, 3.8) is 0 Å². The van der Waals surface area contributed by atoms with Crippen molar-refractivity contribution in [1.82, 2.24) is 15.1 Å². The van der Waals surface area contributed by atoms with E-state index < -0.39 is 0 Å². The van der Waals surface area contributed by atoms with E-state index in [1.54, 1.807) is 0 Å². The third kappa shape index (κ3) is 6.51. The number of nitrogens with one attached hydrogen (secondary N) is 1. The molecule has 1 N–H and O–H groups in total. The number of para-hydroxylation sites is 1. The van der Waals surface area contributed by atoms with Crippen molar-refractivity contribution in [3.05, 3.63) is 29.8 Å². The van der Waals surface area contributed by atoms with Crippen LogP contribution < -0.4 is 10.1 Å². The van der Waals surface area contributed by atoms with E-state index >= 15 is 0 Å². The second-order valence-corrected chi connectivity index (χ2v) is 8.08. The first-order valence-corrected chi connectivity index (χ1v) is 10.6. The summed E-state index contributed by atoms with van der Waals surface area (Å²) in [5, 5.41) is 3.57. The highest BCUT2D eigenvalue weighted by atomic mass is 16.5. The molecule has 1 aromatic carbocycles. The predicted molar refractivity (Wildman–Crippen MR) is 109 cm³/mol. The molecule has 150 valence electrons. The van der Waals surface area contributed by atoms with Crippen LogP contribution >= 0.6 is 0 Å². The topological polar surface area (TPSA) is 44.8 Å². The van der Waals surface area contributed by atoms with Crippen molar-refractivity contribution < 1.29 is 9.53 Å². The van der Waals surface area contributed by atoms with E-state index in [0.29, 0.717) is 5.92 Å². The van der Waals surface area contributed by atoms with Crippen molar-refractivity contribution >= 4 is 5.91 Å². The average Bonchev–Trinajstić information content (AvgIpc) is 3.23. The number of carbonyl (C=O) groups is 1. The minimum absolute atomic E-state index is 0.102. The summed E-state index contributed by atoms with van der Waals surface area (Å²) < 4.78 is 5.85. The fourth-order valence-electron chi connectivity index (χ4n) is 4.09. The monoisotopic (exact) mass is 373 g/mol. The molecule has 0 saturated carbocycles. The summed E-state index contributed by atoms with van der Waals surface area (Å²) in [4.78, 5) is 16.7. The van der Waals surface area contributed by atoms with Crippen LogP contribution in [0.25, 0.3) is 0 Å². The molecule has 1 amide bonds. The molecular weight excluding hydrogens is 338 g/mol. The van der Waals surface area contributed by atoms with Crippen LogP contribution in [0.2, 0.25) is 0 Å². The van der Waals surface area contributed by atoms with Gasteiger partial charge in [0, 0.05) is 31.7 Å². The molecule has 5 heteroatoms. The van der Waals surface area contributed by atoms with Crippen molar-refractivity contribution in [1.29, 1.82) is 0 Å². The number of carbonyl (C=O) groups excluding carboxylic acids is 1. The third-order valence-electron chi connectivity index (χ3n) is 5.61. The van der Waals surface area contributed by atoms with Crippen molar-refractivity contribution in [2.24, 2.45) is 5.92 Å². The first-order valence-electron chi connectivity index (χ1n) is 10.6. The molecule has 2 saturated heterocycles. The van der Waals surface area contributed by atoms with E-state index in [0.717, 1.165) is 50.3 Å². The maximum atomic E-state index is 12.2. The van der Waals surface area contributed by atoms with E-state index in [9.17, 15) is 4.79 Å². The molecule has 27 heavy (non-hydrogen) atoms. The molecule has 0 radical (unpaired) electrons. The van der Waals surface area contributed by atoms with Gasteiger partial charge in [-0.1, -0.05) is 31.5 Å². The van der Waals surface area contributed by atoms with E-state index in [4.69, 9.17) is 4.74 Å². The lowest BCUT2D eigenvalue weighted by Gasteiger charge is -2.29. The number of hydrogen-bond acceptors (Lipinski definition) is 4. The SMILES string of the molecule is CC(CNCc1ccccc1OCC(=O)N1CCCC1)CN1CCCCC1. The zero-order chi connectivity index (χ0) is 18.9. The van der Waals surface area contributed by atoms with Crippen LogP contribution in [-0.4, -0.2) is 61.6 Å². The zero-order valence-corrected chi connectivity index (χ0v) is 16.8. The van der Waals surface area contributed by atoms with Gasteiger partial charge in [0.05, 0.1) is 0 Å². The zero-order valence-electron chi connectivity index (χ0n) is 16.8. The maximum absolute atomic E-state index is 12.2. The fourth-order valence-corrected chi connectivity index (χ4v) is 4.09. The van der Waals surface area contributed by atoms with Crippen LogP contribution in [0, 0.1) is 5.92 Å². The number of rotatable bonds is 9. The summed E-state index contributed by atoms with van der Waals surface area (Å²) in [7, 11) is 0. The van der Waals surface area contributed by atoms with Gasteiger partial charge in [0.15, 0.2) is 6.61 Å². The molecule has 0 aromatic heterocycles. The quantitative estimate of drug-likeness (QED) is 0.723. The Morgan fingerprint density at radius 3 is 2.56 bits per heavy atom. The van der Waals surface area contributed by atoms with Crippen LogP contribution in [0.15, 0.2) is 24.3 Å². The Morgan fingerprint density at radius 1 is 1.07 bits per heavy atom. The molecule has 2 fully saturated rings. The van der Waals surface area contributed by atoms with Gasteiger partial charge < -0.3 is 19.9 Å². The number of hydrogen-bond donors (Lipinski definition) is 1. The average molecular weight is 374 g/mol. The second kappa shape index (κ2) is 10.7. The van der Waals surface area contributed by atoms with Gasteiger partial charge in [0.1, 0.15) is 5.75 Å². The largest absolute Gasteiger partial charge is 0.483 e. The van der Waals surface area contributed by atoms with Gasteiger partial charge in [-0.2, -0.15) is 0 Å². The lowest BCUT2D eigenvalue weighted by Crippen LogP contribution is -2.36. The molecule has 0 aliphatic carbocycles. The molecule has 5 nitrogen and oxygen atoms in total. The molecule has 3 rings (SSSR count). The van der Waals surface area contributed by atoms with Crippen LogP contribution in [0.3, 0.4) is 0 Å². The number of likely N-dealkylation sites (tertiary alicyclic amines) is 2. The smallest absolute Gasteiger partial charge is 0.260 e. The summed E-state index contributed by atoms with van der Waals surface area (Å²) in [6.07, 6.45) is 6.31. The van der Waals surface area contributed by atoms with Gasteiger partial charge in [0.25, 0.3) is 5.91 Å². The summed E-state index contributed by atoms with van der Waals surface area (Å²) in [6, 6.07) is 8.05. The lowest BCUT2D eigenvalue weighted by atomic mass is 10.1. The Hall–Kier alpha value is -1.59. The fraction of sp³-hybridized carbons (Fsp3) is 0.682. The molecule has 0 spiro atoms. The van der Waals surface area contributed by atoms with Crippen LogP contribution in [-0.2, 0) is 11.3 Å². The highest BCUT2D eigenvalue weighted by Crippen LogP contribution is 2.18. The maximum Gasteiger partial charge on any atom is 0.260 e. The van der Waals surface area contributed by atoms with Crippen molar-refractivity contribution in [3.8, 4) is 5.75 Å². The molecule has 1 aromatic rings. The Morgan fingerprint density at radius 2 is 1.78 bits per heavy atom.